The monoisotopic (exact) mass is 283 g/mol. The maximum atomic E-state index is 11.0. The quantitative estimate of drug-likeness (QED) is 0.639. The fraction of sp³-hybridized carbons (Fsp3) is 1.00. The molecule has 3 rings (SSSR count). The molecule has 1 heterocycles. The van der Waals surface area contributed by atoms with Gasteiger partial charge in [0.2, 0.25) is 0 Å². The van der Waals surface area contributed by atoms with Crippen LogP contribution in [0.2, 0.25) is 0 Å². The van der Waals surface area contributed by atoms with E-state index in [4.69, 9.17) is 0 Å². The third-order valence-corrected chi connectivity index (χ3v) is 6.13. The Bertz CT molecular complexity index is 312. The predicted molar refractivity (Wildman–Crippen MR) is 76.4 cm³/mol. The second kappa shape index (κ2) is 5.24. The van der Waals surface area contributed by atoms with Crippen molar-refractivity contribution in [3.05, 3.63) is 0 Å². The van der Waals surface area contributed by atoms with Crippen LogP contribution in [0.15, 0.2) is 0 Å². The highest BCUT2D eigenvalue weighted by atomic mass is 16.5. The first kappa shape index (κ1) is 14.8. The molecule has 3 N–H and O–H groups in total. The first-order valence-electron chi connectivity index (χ1n) is 8.31. The Balaban J connectivity index is 1.82. The van der Waals surface area contributed by atoms with Crippen molar-refractivity contribution in [3.63, 3.8) is 0 Å². The average molecular weight is 283 g/mol. The number of rotatable bonds is 0. The van der Waals surface area contributed by atoms with Crippen LogP contribution in [0.25, 0.3) is 0 Å². The summed E-state index contributed by atoms with van der Waals surface area (Å²) in [5, 5.41) is 32.3. The SMILES string of the molecule is CC1CC2(CCC(O)CC2)N(O)C2(CCC(O)CC2)C1. The smallest absolute Gasteiger partial charge is 0.0541 e. The van der Waals surface area contributed by atoms with E-state index in [1.807, 2.05) is 0 Å². The van der Waals surface area contributed by atoms with E-state index >= 15 is 0 Å². The molecule has 0 unspecified atom stereocenters. The number of aliphatic hydroxyl groups excluding tert-OH is 2. The lowest BCUT2D eigenvalue weighted by atomic mass is 9.63. The highest BCUT2D eigenvalue weighted by Crippen LogP contribution is 2.52. The van der Waals surface area contributed by atoms with Crippen LogP contribution in [0, 0.1) is 5.92 Å². The van der Waals surface area contributed by atoms with Crippen molar-refractivity contribution < 1.29 is 15.4 Å². The summed E-state index contributed by atoms with van der Waals surface area (Å²) in [6.45, 7) is 2.30. The fourth-order valence-electron chi connectivity index (χ4n) is 5.16. The summed E-state index contributed by atoms with van der Waals surface area (Å²) < 4.78 is 0. The van der Waals surface area contributed by atoms with Crippen molar-refractivity contribution in [2.45, 2.75) is 94.4 Å². The summed E-state index contributed by atoms with van der Waals surface area (Å²) >= 11 is 0. The molecular formula is C16H29NO3. The first-order chi connectivity index (χ1) is 9.46. The zero-order chi connectivity index (χ0) is 14.4. The second-order valence-electron chi connectivity index (χ2n) is 7.74. The van der Waals surface area contributed by atoms with E-state index in [1.54, 1.807) is 5.06 Å². The molecule has 0 aromatic carbocycles. The van der Waals surface area contributed by atoms with E-state index < -0.39 is 0 Å². The van der Waals surface area contributed by atoms with Crippen molar-refractivity contribution in [2.24, 2.45) is 5.92 Å². The van der Waals surface area contributed by atoms with E-state index in [0.29, 0.717) is 5.92 Å². The van der Waals surface area contributed by atoms with Crippen LogP contribution in [0.3, 0.4) is 0 Å². The average Bonchev–Trinajstić information content (AvgIpc) is 2.43. The van der Waals surface area contributed by atoms with E-state index in [0.717, 1.165) is 64.2 Å². The minimum atomic E-state index is -0.185. The predicted octanol–water partition coefficient (Wildman–Crippen LogP) is 2.45. The van der Waals surface area contributed by atoms with Crippen LogP contribution in [0.4, 0.5) is 0 Å². The number of piperidine rings is 1. The van der Waals surface area contributed by atoms with Gasteiger partial charge in [-0.3, -0.25) is 0 Å². The molecule has 1 aliphatic heterocycles. The Labute approximate surface area is 121 Å². The summed E-state index contributed by atoms with van der Waals surface area (Å²) in [7, 11) is 0. The minimum absolute atomic E-state index is 0.126. The first-order valence-corrected chi connectivity index (χ1v) is 8.31. The Kier molecular flexibility index (Phi) is 3.87. The van der Waals surface area contributed by atoms with Crippen LogP contribution in [-0.4, -0.2) is 43.8 Å². The molecule has 1 saturated heterocycles. The third-order valence-electron chi connectivity index (χ3n) is 6.13. The summed E-state index contributed by atoms with van der Waals surface area (Å²) in [5.41, 5.74) is -0.252. The second-order valence-corrected chi connectivity index (χ2v) is 7.74. The van der Waals surface area contributed by atoms with Crippen molar-refractivity contribution in [3.8, 4) is 0 Å². The number of aliphatic hydroxyl groups is 2. The fourth-order valence-corrected chi connectivity index (χ4v) is 5.16. The number of nitrogens with zero attached hydrogens (tertiary/aromatic N) is 1. The van der Waals surface area contributed by atoms with Crippen molar-refractivity contribution >= 4 is 0 Å². The third kappa shape index (κ3) is 2.41. The highest BCUT2D eigenvalue weighted by Gasteiger charge is 2.54. The lowest BCUT2D eigenvalue weighted by Crippen LogP contribution is -2.65. The van der Waals surface area contributed by atoms with Gasteiger partial charge in [-0.2, -0.15) is 5.06 Å². The van der Waals surface area contributed by atoms with Gasteiger partial charge < -0.3 is 15.4 Å². The van der Waals surface area contributed by atoms with Gasteiger partial charge in [-0.1, -0.05) is 6.92 Å². The van der Waals surface area contributed by atoms with Crippen LogP contribution in [0.5, 0.6) is 0 Å². The zero-order valence-electron chi connectivity index (χ0n) is 12.6. The molecular weight excluding hydrogens is 254 g/mol. The van der Waals surface area contributed by atoms with E-state index in [-0.39, 0.29) is 23.3 Å². The van der Waals surface area contributed by atoms with Gasteiger partial charge in [0.15, 0.2) is 0 Å². The van der Waals surface area contributed by atoms with Crippen LogP contribution < -0.4 is 0 Å². The zero-order valence-corrected chi connectivity index (χ0v) is 12.6. The molecule has 2 aliphatic carbocycles. The van der Waals surface area contributed by atoms with Crippen LogP contribution in [-0.2, 0) is 0 Å². The Hall–Kier alpha value is -0.160. The lowest BCUT2D eigenvalue weighted by Gasteiger charge is -2.59. The standard InChI is InChI=1S/C16H29NO3/c1-12-10-15(6-2-13(18)3-7-15)17(20)16(11-12)8-4-14(19)5-9-16/h12-14,18-20H,2-11H2,1H3. The van der Waals surface area contributed by atoms with E-state index in [1.165, 1.54) is 0 Å². The summed E-state index contributed by atoms with van der Waals surface area (Å²) in [6, 6.07) is 0. The minimum Gasteiger partial charge on any atom is -0.393 e. The maximum absolute atomic E-state index is 11.0. The molecule has 116 valence electrons. The van der Waals surface area contributed by atoms with E-state index in [9.17, 15) is 15.4 Å². The molecule has 0 aromatic heterocycles. The van der Waals surface area contributed by atoms with Crippen LogP contribution >= 0.6 is 0 Å². The largest absolute Gasteiger partial charge is 0.393 e. The molecule has 0 bridgehead atoms. The molecule has 4 nitrogen and oxygen atoms in total. The molecule has 20 heavy (non-hydrogen) atoms. The van der Waals surface area contributed by atoms with Gasteiger partial charge in [0.25, 0.3) is 0 Å². The summed E-state index contributed by atoms with van der Waals surface area (Å²) in [4.78, 5) is 0. The summed E-state index contributed by atoms with van der Waals surface area (Å²) in [5.74, 6) is 0.615. The maximum Gasteiger partial charge on any atom is 0.0541 e. The molecule has 0 aromatic rings. The Morgan fingerprint density at radius 1 is 0.800 bits per heavy atom. The molecule has 0 atom stereocenters. The number of hydroxylamine groups is 2. The molecule has 4 heteroatoms. The van der Waals surface area contributed by atoms with Gasteiger partial charge in [-0.25, -0.2) is 0 Å². The van der Waals surface area contributed by atoms with Crippen LogP contribution in [0.1, 0.15) is 71.1 Å². The Morgan fingerprint density at radius 2 is 1.15 bits per heavy atom. The normalized spacial score (nSPS) is 50.7. The van der Waals surface area contributed by atoms with Crippen molar-refractivity contribution in [1.29, 1.82) is 0 Å². The van der Waals surface area contributed by atoms with Gasteiger partial charge in [-0.15, -0.1) is 0 Å². The van der Waals surface area contributed by atoms with Gasteiger partial charge in [0, 0.05) is 11.1 Å². The van der Waals surface area contributed by atoms with Crippen molar-refractivity contribution in [2.75, 3.05) is 0 Å². The Morgan fingerprint density at radius 3 is 1.50 bits per heavy atom. The van der Waals surface area contributed by atoms with Gasteiger partial charge in [-0.05, 0) is 70.1 Å². The topological polar surface area (TPSA) is 63.9 Å². The van der Waals surface area contributed by atoms with Crippen molar-refractivity contribution in [1.82, 2.24) is 5.06 Å². The number of hydrogen-bond donors (Lipinski definition) is 3. The molecule has 2 saturated carbocycles. The van der Waals surface area contributed by atoms with Gasteiger partial charge >= 0.3 is 0 Å². The highest BCUT2D eigenvalue weighted by molar-refractivity contribution is 5.06. The molecule has 3 fully saturated rings. The molecule has 3 aliphatic rings. The molecule has 2 spiro atoms. The van der Waals surface area contributed by atoms with E-state index in [2.05, 4.69) is 6.92 Å². The molecule has 0 radical (unpaired) electrons. The lowest BCUT2D eigenvalue weighted by molar-refractivity contribution is -0.290. The number of hydrogen-bond acceptors (Lipinski definition) is 4. The summed E-state index contributed by atoms with van der Waals surface area (Å²) in [6.07, 6.45) is 8.56. The van der Waals surface area contributed by atoms with Gasteiger partial charge in [0.1, 0.15) is 0 Å². The van der Waals surface area contributed by atoms with Gasteiger partial charge in [0.05, 0.1) is 12.2 Å². The molecule has 0 amide bonds.